The minimum absolute atomic E-state index is 0.0535. The van der Waals surface area contributed by atoms with Crippen LogP contribution in [-0.4, -0.2) is 38.4 Å². The highest BCUT2D eigenvalue weighted by molar-refractivity contribution is 5.86. The van der Waals surface area contributed by atoms with Crippen LogP contribution in [0.2, 0.25) is 0 Å². The highest BCUT2D eigenvalue weighted by Crippen LogP contribution is 2.32. The Morgan fingerprint density at radius 2 is 1.96 bits per heavy atom. The second kappa shape index (κ2) is 7.64. The molecule has 1 aliphatic rings. The molecule has 6 heteroatoms. The van der Waals surface area contributed by atoms with Gasteiger partial charge in [0, 0.05) is 25.4 Å². The van der Waals surface area contributed by atoms with E-state index in [2.05, 4.69) is 35.9 Å². The quantitative estimate of drug-likeness (QED) is 0.891. The summed E-state index contributed by atoms with van der Waals surface area (Å²) < 4.78 is 0. The average molecular weight is 353 g/mol. The lowest BCUT2D eigenvalue weighted by atomic mass is 9.93. The molecule has 1 N–H and O–H groups in total. The van der Waals surface area contributed by atoms with E-state index in [1.807, 2.05) is 17.0 Å². The number of hydrogen-bond donors (Lipinski definition) is 1. The molecule has 2 heterocycles. The molecule has 1 aromatic heterocycles. The number of aromatic carboxylic acids is 1. The number of carbonyl (C=O) groups excluding carboxylic acids is 1. The van der Waals surface area contributed by atoms with Crippen molar-refractivity contribution in [3.63, 3.8) is 0 Å². The standard InChI is InChI=1S/C20H23N3O3/c1-13-6-3-4-7-16(13)14(2)10-18(24)23-9-5-8-17(23)19-21-11-15(12-22-19)20(25)26/h3-4,6-7,11-12,14,17H,5,8-10H2,1-2H3,(H,25,26). The number of carbonyl (C=O) groups is 2. The fourth-order valence-electron chi connectivity index (χ4n) is 3.58. The van der Waals surface area contributed by atoms with Crippen molar-refractivity contribution in [1.29, 1.82) is 0 Å². The first kappa shape index (κ1) is 18.0. The molecule has 0 saturated carbocycles. The van der Waals surface area contributed by atoms with E-state index in [0.29, 0.717) is 18.8 Å². The maximum absolute atomic E-state index is 12.9. The van der Waals surface area contributed by atoms with Crippen molar-refractivity contribution >= 4 is 11.9 Å². The lowest BCUT2D eigenvalue weighted by Crippen LogP contribution is -2.32. The van der Waals surface area contributed by atoms with Gasteiger partial charge in [-0.1, -0.05) is 31.2 Å². The van der Waals surface area contributed by atoms with Gasteiger partial charge in [0.05, 0.1) is 11.6 Å². The summed E-state index contributed by atoms with van der Waals surface area (Å²) >= 11 is 0. The molecule has 1 amide bonds. The van der Waals surface area contributed by atoms with Gasteiger partial charge in [0.1, 0.15) is 0 Å². The predicted octanol–water partition coefficient (Wildman–Crippen LogP) is 3.34. The van der Waals surface area contributed by atoms with Crippen LogP contribution >= 0.6 is 0 Å². The molecule has 1 aliphatic heterocycles. The van der Waals surface area contributed by atoms with Crippen LogP contribution in [0.5, 0.6) is 0 Å². The molecule has 26 heavy (non-hydrogen) atoms. The van der Waals surface area contributed by atoms with E-state index in [-0.39, 0.29) is 23.4 Å². The van der Waals surface area contributed by atoms with E-state index in [0.717, 1.165) is 12.8 Å². The first-order chi connectivity index (χ1) is 12.5. The number of aromatic nitrogens is 2. The molecule has 1 aromatic carbocycles. The topological polar surface area (TPSA) is 83.4 Å². The normalized spacial score (nSPS) is 17.9. The van der Waals surface area contributed by atoms with Gasteiger partial charge in [-0.3, -0.25) is 4.79 Å². The number of carboxylic acid groups (broad SMARTS) is 1. The summed E-state index contributed by atoms with van der Waals surface area (Å²) in [5.74, 6) is -0.304. The summed E-state index contributed by atoms with van der Waals surface area (Å²) in [5.41, 5.74) is 2.44. The van der Waals surface area contributed by atoms with Crippen LogP contribution in [0.25, 0.3) is 0 Å². The molecule has 0 aliphatic carbocycles. The van der Waals surface area contributed by atoms with E-state index in [1.54, 1.807) is 0 Å². The first-order valence-corrected chi connectivity index (χ1v) is 8.87. The van der Waals surface area contributed by atoms with Gasteiger partial charge in [-0.2, -0.15) is 0 Å². The first-order valence-electron chi connectivity index (χ1n) is 8.87. The van der Waals surface area contributed by atoms with Gasteiger partial charge in [0.15, 0.2) is 5.82 Å². The van der Waals surface area contributed by atoms with Crippen LogP contribution in [0.3, 0.4) is 0 Å². The Balaban J connectivity index is 1.72. The van der Waals surface area contributed by atoms with Gasteiger partial charge in [-0.15, -0.1) is 0 Å². The number of nitrogens with zero attached hydrogens (tertiary/aromatic N) is 3. The number of carboxylic acids is 1. The van der Waals surface area contributed by atoms with E-state index in [9.17, 15) is 9.59 Å². The smallest absolute Gasteiger partial charge is 0.338 e. The predicted molar refractivity (Wildman–Crippen MR) is 96.9 cm³/mol. The summed E-state index contributed by atoms with van der Waals surface area (Å²) in [6.07, 6.45) is 4.76. The van der Waals surface area contributed by atoms with E-state index in [1.165, 1.54) is 23.5 Å². The molecule has 0 spiro atoms. The molecule has 2 aromatic rings. The summed E-state index contributed by atoms with van der Waals surface area (Å²) in [6, 6.07) is 7.96. The second-order valence-corrected chi connectivity index (χ2v) is 6.84. The molecule has 0 radical (unpaired) electrons. The van der Waals surface area contributed by atoms with Gasteiger partial charge >= 0.3 is 5.97 Å². The molecule has 0 bridgehead atoms. The van der Waals surface area contributed by atoms with Crippen LogP contribution < -0.4 is 0 Å². The van der Waals surface area contributed by atoms with Gasteiger partial charge in [-0.05, 0) is 36.8 Å². The summed E-state index contributed by atoms with van der Waals surface area (Å²) in [5, 5.41) is 8.97. The summed E-state index contributed by atoms with van der Waals surface area (Å²) in [4.78, 5) is 34.0. The summed E-state index contributed by atoms with van der Waals surface area (Å²) in [7, 11) is 0. The molecule has 2 unspecified atom stereocenters. The van der Waals surface area contributed by atoms with Crippen LogP contribution in [0.15, 0.2) is 36.7 Å². The van der Waals surface area contributed by atoms with Gasteiger partial charge < -0.3 is 10.0 Å². The molecule has 2 atom stereocenters. The Kier molecular flexibility index (Phi) is 5.30. The highest BCUT2D eigenvalue weighted by atomic mass is 16.4. The summed E-state index contributed by atoms with van der Waals surface area (Å²) in [6.45, 7) is 4.82. The Labute approximate surface area is 152 Å². The van der Waals surface area contributed by atoms with Crippen molar-refractivity contribution < 1.29 is 14.7 Å². The van der Waals surface area contributed by atoms with Crippen LogP contribution in [-0.2, 0) is 4.79 Å². The van der Waals surface area contributed by atoms with Crippen molar-refractivity contribution in [1.82, 2.24) is 14.9 Å². The van der Waals surface area contributed by atoms with Crippen LogP contribution in [0.4, 0.5) is 0 Å². The maximum atomic E-state index is 12.9. The molecular weight excluding hydrogens is 330 g/mol. The SMILES string of the molecule is Cc1ccccc1C(C)CC(=O)N1CCCC1c1ncc(C(=O)O)cn1. The minimum Gasteiger partial charge on any atom is -0.478 e. The van der Waals surface area contributed by atoms with Crippen LogP contribution in [0.1, 0.15) is 65.5 Å². The fraction of sp³-hybridized carbons (Fsp3) is 0.400. The van der Waals surface area contributed by atoms with E-state index < -0.39 is 5.97 Å². The Bertz CT molecular complexity index is 804. The van der Waals surface area contributed by atoms with Crippen molar-refractivity contribution in [2.75, 3.05) is 6.54 Å². The Morgan fingerprint density at radius 3 is 2.62 bits per heavy atom. The number of amides is 1. The monoisotopic (exact) mass is 353 g/mol. The third-order valence-corrected chi connectivity index (χ3v) is 4.99. The third kappa shape index (κ3) is 3.74. The van der Waals surface area contributed by atoms with Crippen LogP contribution in [0, 0.1) is 6.92 Å². The van der Waals surface area contributed by atoms with Gasteiger partial charge in [0.2, 0.25) is 5.91 Å². The average Bonchev–Trinajstić information content (AvgIpc) is 3.12. The highest BCUT2D eigenvalue weighted by Gasteiger charge is 2.32. The van der Waals surface area contributed by atoms with Crippen molar-refractivity contribution in [2.24, 2.45) is 0 Å². The zero-order chi connectivity index (χ0) is 18.7. The van der Waals surface area contributed by atoms with Crippen molar-refractivity contribution in [2.45, 2.75) is 45.1 Å². The number of aryl methyl sites for hydroxylation is 1. The number of rotatable bonds is 5. The number of benzene rings is 1. The Hall–Kier alpha value is -2.76. The lowest BCUT2D eigenvalue weighted by Gasteiger charge is -2.25. The number of likely N-dealkylation sites (tertiary alicyclic amines) is 1. The second-order valence-electron chi connectivity index (χ2n) is 6.84. The fourth-order valence-corrected chi connectivity index (χ4v) is 3.58. The molecular formula is C20H23N3O3. The van der Waals surface area contributed by atoms with Gasteiger partial charge in [0.25, 0.3) is 0 Å². The van der Waals surface area contributed by atoms with Crippen molar-refractivity contribution in [3.05, 3.63) is 59.2 Å². The maximum Gasteiger partial charge on any atom is 0.338 e. The zero-order valence-corrected chi connectivity index (χ0v) is 15.1. The third-order valence-electron chi connectivity index (χ3n) is 4.99. The van der Waals surface area contributed by atoms with Crippen molar-refractivity contribution in [3.8, 4) is 0 Å². The van der Waals surface area contributed by atoms with E-state index in [4.69, 9.17) is 5.11 Å². The Morgan fingerprint density at radius 1 is 1.27 bits per heavy atom. The lowest BCUT2D eigenvalue weighted by molar-refractivity contribution is -0.132. The largest absolute Gasteiger partial charge is 0.478 e. The van der Waals surface area contributed by atoms with Gasteiger partial charge in [-0.25, -0.2) is 14.8 Å². The molecule has 1 fully saturated rings. The minimum atomic E-state index is -1.05. The zero-order valence-electron chi connectivity index (χ0n) is 15.1. The molecule has 1 saturated heterocycles. The van der Waals surface area contributed by atoms with E-state index >= 15 is 0 Å². The molecule has 136 valence electrons. The molecule has 3 rings (SSSR count). The molecule has 6 nitrogen and oxygen atoms in total. The number of hydrogen-bond acceptors (Lipinski definition) is 4.